The quantitative estimate of drug-likeness (QED) is 0.734. The first-order valence-electron chi connectivity index (χ1n) is 5.09. The average molecular weight is 225 g/mol. The van der Waals surface area contributed by atoms with Crippen LogP contribution in [-0.4, -0.2) is 12.1 Å². The van der Waals surface area contributed by atoms with Crippen molar-refractivity contribution in [1.82, 2.24) is 5.32 Å². The summed E-state index contributed by atoms with van der Waals surface area (Å²) in [5.41, 5.74) is 6.21. The molecule has 0 heterocycles. The van der Waals surface area contributed by atoms with Gasteiger partial charge in [-0.15, -0.1) is 0 Å². The van der Waals surface area contributed by atoms with Gasteiger partial charge >= 0.3 is 6.03 Å². The minimum Gasteiger partial charge on any atom is -0.336 e. The van der Waals surface area contributed by atoms with E-state index in [0.717, 1.165) is 0 Å². The topological polar surface area (TPSA) is 67.2 Å². The van der Waals surface area contributed by atoms with E-state index in [-0.39, 0.29) is 18.3 Å². The molecule has 0 fully saturated rings. The Balaban J connectivity index is 2.70. The number of carbonyl (C=O) groups is 1. The molecule has 2 amide bonds. The zero-order chi connectivity index (χ0) is 12.1. The smallest absolute Gasteiger partial charge is 0.319 e. The lowest BCUT2D eigenvalue weighted by Gasteiger charge is -2.11. The Morgan fingerprint density at radius 3 is 2.69 bits per heavy atom. The van der Waals surface area contributed by atoms with Gasteiger partial charge in [-0.2, -0.15) is 0 Å². The molecule has 5 heteroatoms. The maximum Gasteiger partial charge on any atom is 0.319 e. The van der Waals surface area contributed by atoms with E-state index in [0.29, 0.717) is 5.56 Å². The fourth-order valence-corrected chi connectivity index (χ4v) is 1.21. The summed E-state index contributed by atoms with van der Waals surface area (Å²) in [6.07, 6.45) is 0. The fraction of sp³-hybridized carbons (Fsp3) is 0.364. The number of urea groups is 1. The normalized spacial score (nSPS) is 10.3. The highest BCUT2D eigenvalue weighted by atomic mass is 19.1. The number of nitrogens with one attached hydrogen (secondary N) is 2. The average Bonchev–Trinajstić information content (AvgIpc) is 2.19. The molecule has 0 aliphatic heterocycles. The van der Waals surface area contributed by atoms with Gasteiger partial charge in [-0.1, -0.05) is 6.07 Å². The molecule has 0 spiro atoms. The molecule has 88 valence electrons. The number of rotatable bonds is 3. The van der Waals surface area contributed by atoms with E-state index in [1.54, 1.807) is 6.07 Å². The summed E-state index contributed by atoms with van der Waals surface area (Å²) in [6, 6.07) is 4.07. The van der Waals surface area contributed by atoms with Crippen molar-refractivity contribution >= 4 is 11.7 Å². The molecule has 0 atom stereocenters. The number of benzene rings is 1. The van der Waals surface area contributed by atoms with Gasteiger partial charge in [0.2, 0.25) is 0 Å². The van der Waals surface area contributed by atoms with Gasteiger partial charge in [0.05, 0.1) is 5.69 Å². The standard InChI is InChI=1S/C11H16FN3O/c1-7(2)14-11(16)15-10-4-3-8(6-13)5-9(10)12/h3-5,7H,6,13H2,1-2H3,(H2,14,15,16). The predicted octanol–water partition coefficient (Wildman–Crippen LogP) is 1.81. The monoisotopic (exact) mass is 225 g/mol. The van der Waals surface area contributed by atoms with E-state index >= 15 is 0 Å². The van der Waals surface area contributed by atoms with Crippen molar-refractivity contribution in [3.8, 4) is 0 Å². The molecule has 1 rings (SSSR count). The summed E-state index contributed by atoms with van der Waals surface area (Å²) in [5.74, 6) is -0.484. The molecule has 16 heavy (non-hydrogen) atoms. The Morgan fingerprint density at radius 2 is 2.19 bits per heavy atom. The molecule has 0 aromatic heterocycles. The molecule has 1 aromatic carbocycles. The van der Waals surface area contributed by atoms with E-state index in [9.17, 15) is 9.18 Å². The minimum absolute atomic E-state index is 0.00590. The summed E-state index contributed by atoms with van der Waals surface area (Å²) in [6.45, 7) is 3.93. The van der Waals surface area contributed by atoms with Gasteiger partial charge in [0.25, 0.3) is 0 Å². The highest BCUT2D eigenvalue weighted by molar-refractivity contribution is 5.89. The third kappa shape index (κ3) is 3.51. The van der Waals surface area contributed by atoms with Crippen LogP contribution in [0.25, 0.3) is 0 Å². The van der Waals surface area contributed by atoms with Crippen LogP contribution in [0.3, 0.4) is 0 Å². The first kappa shape index (κ1) is 12.4. The Labute approximate surface area is 94.0 Å². The van der Waals surface area contributed by atoms with Gasteiger partial charge in [-0.25, -0.2) is 9.18 Å². The van der Waals surface area contributed by atoms with Crippen molar-refractivity contribution < 1.29 is 9.18 Å². The van der Waals surface area contributed by atoms with Gasteiger partial charge in [-0.05, 0) is 31.5 Å². The second-order valence-electron chi connectivity index (χ2n) is 3.77. The molecular weight excluding hydrogens is 209 g/mol. The van der Waals surface area contributed by atoms with Crippen molar-refractivity contribution in [2.75, 3.05) is 5.32 Å². The Hall–Kier alpha value is -1.62. The lowest BCUT2D eigenvalue weighted by Crippen LogP contribution is -2.34. The SMILES string of the molecule is CC(C)NC(=O)Nc1ccc(CN)cc1F. The molecule has 0 bridgehead atoms. The van der Waals surface area contributed by atoms with Crippen molar-refractivity contribution in [3.63, 3.8) is 0 Å². The van der Waals surface area contributed by atoms with E-state index in [1.165, 1.54) is 12.1 Å². The van der Waals surface area contributed by atoms with Gasteiger partial charge in [0, 0.05) is 12.6 Å². The highest BCUT2D eigenvalue weighted by Gasteiger charge is 2.07. The van der Waals surface area contributed by atoms with Crippen LogP contribution < -0.4 is 16.4 Å². The van der Waals surface area contributed by atoms with Crippen molar-refractivity contribution in [2.45, 2.75) is 26.4 Å². The second kappa shape index (κ2) is 5.46. The number of hydrogen-bond donors (Lipinski definition) is 3. The maximum absolute atomic E-state index is 13.4. The number of amides is 2. The zero-order valence-electron chi connectivity index (χ0n) is 9.38. The number of anilines is 1. The van der Waals surface area contributed by atoms with Crippen molar-refractivity contribution in [3.05, 3.63) is 29.6 Å². The minimum atomic E-state index is -0.484. The summed E-state index contributed by atoms with van der Waals surface area (Å²) in [5, 5.41) is 5.03. The molecule has 0 saturated carbocycles. The summed E-state index contributed by atoms with van der Waals surface area (Å²) >= 11 is 0. The Morgan fingerprint density at radius 1 is 1.50 bits per heavy atom. The molecule has 4 nitrogen and oxygen atoms in total. The molecule has 0 unspecified atom stereocenters. The number of hydrogen-bond acceptors (Lipinski definition) is 2. The van der Waals surface area contributed by atoms with Crippen LogP contribution in [0.1, 0.15) is 19.4 Å². The van der Waals surface area contributed by atoms with E-state index < -0.39 is 11.8 Å². The second-order valence-corrected chi connectivity index (χ2v) is 3.77. The fourth-order valence-electron chi connectivity index (χ4n) is 1.21. The van der Waals surface area contributed by atoms with Crippen LogP contribution in [0.4, 0.5) is 14.9 Å². The van der Waals surface area contributed by atoms with E-state index in [4.69, 9.17) is 5.73 Å². The first-order valence-corrected chi connectivity index (χ1v) is 5.09. The van der Waals surface area contributed by atoms with Crippen LogP contribution in [0, 0.1) is 5.82 Å². The van der Waals surface area contributed by atoms with Crippen LogP contribution in [0.5, 0.6) is 0 Å². The summed E-state index contributed by atoms with van der Waals surface area (Å²) in [7, 11) is 0. The van der Waals surface area contributed by atoms with Crippen LogP contribution >= 0.6 is 0 Å². The largest absolute Gasteiger partial charge is 0.336 e. The Kier molecular flexibility index (Phi) is 4.25. The molecule has 0 aliphatic rings. The van der Waals surface area contributed by atoms with E-state index in [1.807, 2.05) is 13.8 Å². The lowest BCUT2D eigenvalue weighted by atomic mass is 10.2. The van der Waals surface area contributed by atoms with Crippen molar-refractivity contribution in [2.24, 2.45) is 5.73 Å². The van der Waals surface area contributed by atoms with Gasteiger partial charge in [0.1, 0.15) is 5.82 Å². The predicted molar refractivity (Wildman–Crippen MR) is 61.6 cm³/mol. The molecule has 0 radical (unpaired) electrons. The van der Waals surface area contributed by atoms with Crippen LogP contribution in [0.2, 0.25) is 0 Å². The molecular formula is C11H16FN3O. The zero-order valence-corrected chi connectivity index (χ0v) is 9.38. The summed E-state index contributed by atoms with van der Waals surface area (Å²) in [4.78, 5) is 11.3. The van der Waals surface area contributed by atoms with Gasteiger partial charge in [0.15, 0.2) is 0 Å². The highest BCUT2D eigenvalue weighted by Crippen LogP contribution is 2.15. The molecule has 1 aromatic rings. The van der Waals surface area contributed by atoms with E-state index in [2.05, 4.69) is 10.6 Å². The molecule has 0 saturated heterocycles. The molecule has 0 aliphatic carbocycles. The summed E-state index contributed by atoms with van der Waals surface area (Å²) < 4.78 is 13.4. The lowest BCUT2D eigenvalue weighted by molar-refractivity contribution is 0.250. The number of carbonyl (C=O) groups excluding carboxylic acids is 1. The van der Waals surface area contributed by atoms with Crippen LogP contribution in [0.15, 0.2) is 18.2 Å². The first-order chi connectivity index (χ1) is 7.52. The third-order valence-corrected chi connectivity index (χ3v) is 1.94. The van der Waals surface area contributed by atoms with Gasteiger partial charge < -0.3 is 16.4 Å². The number of nitrogens with two attached hydrogens (primary N) is 1. The Bertz CT molecular complexity index is 379. The third-order valence-electron chi connectivity index (χ3n) is 1.94. The molecule has 4 N–H and O–H groups in total. The number of halogens is 1. The van der Waals surface area contributed by atoms with Gasteiger partial charge in [-0.3, -0.25) is 0 Å². The van der Waals surface area contributed by atoms with Crippen LogP contribution in [-0.2, 0) is 6.54 Å². The maximum atomic E-state index is 13.4. The van der Waals surface area contributed by atoms with Crippen molar-refractivity contribution in [1.29, 1.82) is 0 Å².